The maximum atomic E-state index is 4.47. The summed E-state index contributed by atoms with van der Waals surface area (Å²) in [5.41, 5.74) is 4.37. The quantitative estimate of drug-likeness (QED) is 0.876. The van der Waals surface area contributed by atoms with Crippen LogP contribution in [0.3, 0.4) is 0 Å². The zero-order valence-electron chi connectivity index (χ0n) is 13.0. The predicted molar refractivity (Wildman–Crippen MR) is 86.4 cm³/mol. The van der Waals surface area contributed by atoms with Gasteiger partial charge in [0.2, 0.25) is 0 Å². The summed E-state index contributed by atoms with van der Waals surface area (Å²) in [6.07, 6.45) is 5.52. The van der Waals surface area contributed by atoms with Crippen LogP contribution >= 0.6 is 0 Å². The summed E-state index contributed by atoms with van der Waals surface area (Å²) in [6.45, 7) is 6.37. The number of nitrogens with one attached hydrogen (secondary N) is 1. The van der Waals surface area contributed by atoms with Crippen molar-refractivity contribution in [2.45, 2.75) is 51.6 Å². The van der Waals surface area contributed by atoms with Crippen molar-refractivity contribution in [3.63, 3.8) is 0 Å². The Labute approximate surface area is 127 Å². The molecule has 0 bridgehead atoms. The van der Waals surface area contributed by atoms with Crippen LogP contribution in [0.4, 0.5) is 0 Å². The van der Waals surface area contributed by atoms with E-state index < -0.39 is 0 Å². The first-order valence-corrected chi connectivity index (χ1v) is 8.18. The van der Waals surface area contributed by atoms with Gasteiger partial charge in [-0.05, 0) is 49.9 Å². The predicted octanol–water partition coefficient (Wildman–Crippen LogP) is 3.67. The minimum Gasteiger partial charge on any atom is -0.308 e. The van der Waals surface area contributed by atoms with E-state index in [9.17, 15) is 0 Å². The molecule has 1 aromatic heterocycles. The van der Waals surface area contributed by atoms with Crippen LogP contribution in [0.15, 0.2) is 36.5 Å². The van der Waals surface area contributed by atoms with Crippen molar-refractivity contribution >= 4 is 0 Å². The van der Waals surface area contributed by atoms with Gasteiger partial charge in [-0.2, -0.15) is 5.10 Å². The molecule has 0 saturated heterocycles. The Kier molecular flexibility index (Phi) is 4.39. The molecule has 3 heteroatoms. The van der Waals surface area contributed by atoms with Gasteiger partial charge in [-0.15, -0.1) is 0 Å². The third kappa shape index (κ3) is 2.75. The van der Waals surface area contributed by atoms with Crippen LogP contribution in [0.25, 0.3) is 0 Å². The highest BCUT2D eigenvalue weighted by Gasteiger charge is 2.31. The molecule has 0 fully saturated rings. The Morgan fingerprint density at radius 2 is 2.14 bits per heavy atom. The number of rotatable bonds is 6. The largest absolute Gasteiger partial charge is 0.308 e. The highest BCUT2D eigenvalue weighted by Crippen LogP contribution is 2.41. The summed E-state index contributed by atoms with van der Waals surface area (Å²) >= 11 is 0. The molecule has 3 nitrogen and oxygen atoms in total. The Morgan fingerprint density at radius 1 is 1.29 bits per heavy atom. The topological polar surface area (TPSA) is 29.9 Å². The van der Waals surface area contributed by atoms with Crippen LogP contribution in [0.2, 0.25) is 0 Å². The van der Waals surface area contributed by atoms with Gasteiger partial charge in [0.05, 0.1) is 11.7 Å². The number of benzene rings is 1. The number of hydrogen-bond acceptors (Lipinski definition) is 2. The second kappa shape index (κ2) is 6.44. The van der Waals surface area contributed by atoms with Crippen LogP contribution in [-0.2, 0) is 13.0 Å². The summed E-state index contributed by atoms with van der Waals surface area (Å²) < 4.78 is 2.13. The van der Waals surface area contributed by atoms with Gasteiger partial charge in [0.1, 0.15) is 0 Å². The van der Waals surface area contributed by atoms with Gasteiger partial charge in [-0.25, -0.2) is 0 Å². The van der Waals surface area contributed by atoms with Gasteiger partial charge >= 0.3 is 0 Å². The lowest BCUT2D eigenvalue weighted by Gasteiger charge is -2.26. The summed E-state index contributed by atoms with van der Waals surface area (Å²) in [4.78, 5) is 0. The third-order valence-electron chi connectivity index (χ3n) is 4.56. The van der Waals surface area contributed by atoms with E-state index in [1.54, 1.807) is 0 Å². The molecule has 1 aliphatic carbocycles. The van der Waals surface area contributed by atoms with Crippen molar-refractivity contribution in [3.05, 3.63) is 53.3 Å². The first-order chi connectivity index (χ1) is 10.3. The van der Waals surface area contributed by atoms with Crippen LogP contribution in [-0.4, -0.2) is 16.3 Å². The van der Waals surface area contributed by atoms with Gasteiger partial charge in [-0.1, -0.05) is 31.2 Å². The van der Waals surface area contributed by atoms with E-state index in [1.165, 1.54) is 29.7 Å². The number of nitrogens with zero attached hydrogens (tertiary/aromatic N) is 2. The van der Waals surface area contributed by atoms with Crippen molar-refractivity contribution in [3.8, 4) is 0 Å². The van der Waals surface area contributed by atoms with Crippen molar-refractivity contribution in [2.24, 2.45) is 0 Å². The average molecular weight is 283 g/mol. The monoisotopic (exact) mass is 283 g/mol. The zero-order chi connectivity index (χ0) is 14.7. The van der Waals surface area contributed by atoms with Crippen molar-refractivity contribution in [1.29, 1.82) is 0 Å². The van der Waals surface area contributed by atoms with Gasteiger partial charge in [0.25, 0.3) is 0 Å². The summed E-state index contributed by atoms with van der Waals surface area (Å²) in [5.74, 6) is 0.565. The molecule has 21 heavy (non-hydrogen) atoms. The number of hydrogen-bond donors (Lipinski definition) is 1. The highest BCUT2D eigenvalue weighted by molar-refractivity contribution is 5.37. The number of aromatic nitrogens is 2. The highest BCUT2D eigenvalue weighted by atomic mass is 15.3. The van der Waals surface area contributed by atoms with E-state index in [4.69, 9.17) is 0 Å². The van der Waals surface area contributed by atoms with E-state index in [2.05, 4.69) is 59.3 Å². The van der Waals surface area contributed by atoms with Crippen molar-refractivity contribution in [1.82, 2.24) is 15.1 Å². The van der Waals surface area contributed by atoms with Gasteiger partial charge in [-0.3, -0.25) is 4.68 Å². The van der Waals surface area contributed by atoms with Crippen LogP contribution < -0.4 is 5.32 Å². The van der Waals surface area contributed by atoms with E-state index in [0.29, 0.717) is 12.0 Å². The molecule has 1 N–H and O–H groups in total. The molecular weight excluding hydrogens is 258 g/mol. The van der Waals surface area contributed by atoms with E-state index in [-0.39, 0.29) is 0 Å². The van der Waals surface area contributed by atoms with Gasteiger partial charge in [0, 0.05) is 18.7 Å². The molecule has 1 heterocycles. The number of fused-ring (bicyclic) bond motifs is 1. The summed E-state index contributed by atoms with van der Waals surface area (Å²) in [7, 11) is 0. The SMILES string of the molecule is CCCNC(c1ccnn1CC)C1CCc2ccccc21. The van der Waals surface area contributed by atoms with Crippen molar-refractivity contribution < 1.29 is 0 Å². The van der Waals surface area contributed by atoms with Crippen LogP contribution in [0, 0.1) is 0 Å². The molecule has 2 unspecified atom stereocenters. The van der Waals surface area contributed by atoms with Gasteiger partial charge < -0.3 is 5.32 Å². The lowest BCUT2D eigenvalue weighted by molar-refractivity contribution is 0.411. The summed E-state index contributed by atoms with van der Waals surface area (Å²) in [6, 6.07) is 11.5. The average Bonchev–Trinajstić information content (AvgIpc) is 3.15. The normalized spacial score (nSPS) is 18.7. The fourth-order valence-corrected chi connectivity index (χ4v) is 3.56. The fourth-order valence-electron chi connectivity index (χ4n) is 3.56. The summed E-state index contributed by atoms with van der Waals surface area (Å²) in [5, 5.41) is 8.24. The lowest BCUT2D eigenvalue weighted by atomic mass is 9.90. The second-order valence-corrected chi connectivity index (χ2v) is 5.85. The Balaban J connectivity index is 1.94. The molecule has 0 amide bonds. The number of aryl methyl sites for hydroxylation is 2. The molecule has 112 valence electrons. The molecule has 2 aromatic rings. The minimum absolute atomic E-state index is 0.371. The maximum absolute atomic E-state index is 4.47. The lowest BCUT2D eigenvalue weighted by Crippen LogP contribution is -2.29. The minimum atomic E-state index is 0.371. The molecule has 1 aliphatic rings. The second-order valence-electron chi connectivity index (χ2n) is 5.85. The first kappa shape index (κ1) is 14.3. The first-order valence-electron chi connectivity index (χ1n) is 8.18. The molecule has 3 rings (SSSR count). The molecule has 0 saturated carbocycles. The Hall–Kier alpha value is -1.61. The molecule has 0 spiro atoms. The fraction of sp³-hybridized carbons (Fsp3) is 0.500. The third-order valence-corrected chi connectivity index (χ3v) is 4.56. The standard InChI is InChI=1S/C18H25N3/c1-3-12-19-18(17-11-13-20-21(17)4-2)16-10-9-14-7-5-6-8-15(14)16/h5-8,11,13,16,18-19H,3-4,9-10,12H2,1-2H3. The van der Waals surface area contributed by atoms with E-state index in [0.717, 1.165) is 19.5 Å². The van der Waals surface area contributed by atoms with Crippen LogP contribution in [0.5, 0.6) is 0 Å². The van der Waals surface area contributed by atoms with Crippen LogP contribution in [0.1, 0.15) is 55.5 Å². The van der Waals surface area contributed by atoms with E-state index >= 15 is 0 Å². The zero-order valence-corrected chi connectivity index (χ0v) is 13.0. The van der Waals surface area contributed by atoms with E-state index in [1.807, 2.05) is 6.20 Å². The Morgan fingerprint density at radius 3 is 2.95 bits per heavy atom. The molecule has 1 aromatic carbocycles. The maximum Gasteiger partial charge on any atom is 0.0561 e. The smallest absolute Gasteiger partial charge is 0.0561 e. The van der Waals surface area contributed by atoms with Gasteiger partial charge in [0.15, 0.2) is 0 Å². The Bertz CT molecular complexity index is 588. The van der Waals surface area contributed by atoms with Crippen molar-refractivity contribution in [2.75, 3.05) is 6.54 Å². The molecule has 2 atom stereocenters. The molecule has 0 radical (unpaired) electrons. The molecular formula is C18H25N3. The molecule has 0 aliphatic heterocycles.